The standard InChI is InChI=1S/2Li.2HNO2/c;;2*2-1-3/h;;2*(H,2,3)/q2*+1;;/p-2. The molecule has 0 aromatic heterocycles. The van der Waals surface area contributed by atoms with E-state index in [0.717, 1.165) is 10.7 Å². The molecule has 0 aliphatic rings. The summed E-state index contributed by atoms with van der Waals surface area (Å²) < 4.78 is 0. The van der Waals surface area contributed by atoms with Gasteiger partial charge >= 0.3 is 37.7 Å². The third-order valence-corrected chi connectivity index (χ3v) is 0. The van der Waals surface area contributed by atoms with E-state index >= 15 is 0 Å². The van der Waals surface area contributed by atoms with Crippen LogP contribution in [0.4, 0.5) is 0 Å². The van der Waals surface area contributed by atoms with Crippen molar-refractivity contribution in [3.8, 4) is 0 Å². The monoisotopic (exact) mass is 106 g/mol. The Labute approximate surface area is 68.9 Å². The molecule has 0 N–H and O–H groups in total. The fraction of sp³-hybridized carbons (Fsp3) is 0. The summed E-state index contributed by atoms with van der Waals surface area (Å²) in [5.41, 5.74) is 0. The van der Waals surface area contributed by atoms with Crippen LogP contribution >= 0.6 is 0 Å². The molecule has 0 aliphatic heterocycles. The first-order valence-corrected chi connectivity index (χ1v) is 0.730. The second kappa shape index (κ2) is 63.2. The fourth-order valence-corrected chi connectivity index (χ4v) is 0. The molecule has 0 atom stereocenters. The van der Waals surface area contributed by atoms with Crippen LogP contribution in [0.5, 0.6) is 0 Å². The van der Waals surface area contributed by atoms with Crippen LogP contribution in [0.25, 0.3) is 0 Å². The predicted octanol–water partition coefficient (Wildman–Crippen LogP) is -5.49. The van der Waals surface area contributed by atoms with Gasteiger partial charge in [0.1, 0.15) is 0 Å². The topological polar surface area (TPSA) is 105 Å². The van der Waals surface area contributed by atoms with Gasteiger partial charge in [0.2, 0.25) is 0 Å². The van der Waals surface area contributed by atoms with Gasteiger partial charge in [-0.25, -0.2) is 0 Å². The summed E-state index contributed by atoms with van der Waals surface area (Å²) in [5.74, 6) is 0. The molecule has 6 nitrogen and oxygen atoms in total. The maximum atomic E-state index is 8.00. The van der Waals surface area contributed by atoms with Gasteiger partial charge in [-0.3, -0.25) is 0 Å². The van der Waals surface area contributed by atoms with Gasteiger partial charge in [0.25, 0.3) is 0 Å². The van der Waals surface area contributed by atoms with Crippen molar-refractivity contribution in [2.24, 2.45) is 10.7 Å². The second-order valence-corrected chi connectivity index (χ2v) is 0.149. The minimum Gasteiger partial charge on any atom is -0.444 e. The van der Waals surface area contributed by atoms with E-state index in [1.807, 2.05) is 0 Å². The van der Waals surface area contributed by atoms with Gasteiger partial charge in [-0.15, -0.1) is 10.7 Å². The summed E-state index contributed by atoms with van der Waals surface area (Å²) in [4.78, 5) is 16.0. The molecule has 0 saturated heterocycles. The molecule has 8 heteroatoms. The smallest absolute Gasteiger partial charge is 0.444 e. The van der Waals surface area contributed by atoms with Crippen molar-refractivity contribution >= 4 is 0 Å². The van der Waals surface area contributed by atoms with E-state index in [9.17, 15) is 0 Å². The van der Waals surface area contributed by atoms with Crippen LogP contribution < -0.4 is 37.7 Å². The molecule has 0 unspecified atom stereocenters. The molecule has 0 saturated carbocycles. The van der Waals surface area contributed by atoms with Crippen molar-refractivity contribution in [1.82, 2.24) is 0 Å². The Morgan fingerprint density at radius 2 is 0.875 bits per heavy atom. The number of hydrogen-bond acceptors (Lipinski definition) is 6. The summed E-state index contributed by atoms with van der Waals surface area (Å²) >= 11 is 0. The number of nitrogens with zero attached hydrogens (tertiary/aromatic N) is 2. The molecular weight excluding hydrogens is 106 g/mol. The van der Waals surface area contributed by atoms with E-state index < -0.39 is 0 Å². The molecule has 0 amide bonds. The minimum atomic E-state index is 0. The van der Waals surface area contributed by atoms with E-state index in [-0.39, 0.29) is 37.7 Å². The van der Waals surface area contributed by atoms with Crippen molar-refractivity contribution in [2.45, 2.75) is 0 Å². The third-order valence-electron chi connectivity index (χ3n) is 0. The van der Waals surface area contributed by atoms with E-state index in [4.69, 9.17) is 20.2 Å². The molecule has 0 heterocycles. The zero-order valence-corrected chi connectivity index (χ0v) is 4.53. The van der Waals surface area contributed by atoms with Crippen LogP contribution in [0, 0.1) is 20.2 Å². The predicted molar refractivity (Wildman–Crippen MR) is 18.3 cm³/mol. The number of hydrogen-bond donors (Lipinski definition) is 0. The third kappa shape index (κ3) is 5540000. The Bertz CT molecular complexity index is 33.0. The summed E-state index contributed by atoms with van der Waals surface area (Å²) in [6, 6.07) is 0. The Morgan fingerprint density at radius 1 is 0.875 bits per heavy atom. The molecule has 0 aromatic carbocycles. The summed E-state index contributed by atoms with van der Waals surface area (Å²) in [6.07, 6.45) is 0. The van der Waals surface area contributed by atoms with Gasteiger partial charge in [0.05, 0.1) is 0 Å². The van der Waals surface area contributed by atoms with Crippen molar-refractivity contribution in [2.75, 3.05) is 0 Å². The van der Waals surface area contributed by atoms with E-state index in [0.29, 0.717) is 0 Å². The average molecular weight is 106 g/mol. The summed E-state index contributed by atoms with van der Waals surface area (Å²) in [6.45, 7) is 0. The molecule has 0 rings (SSSR count). The van der Waals surface area contributed by atoms with Crippen molar-refractivity contribution < 1.29 is 37.7 Å². The van der Waals surface area contributed by atoms with Crippen molar-refractivity contribution in [3.63, 3.8) is 0 Å². The van der Waals surface area contributed by atoms with Crippen molar-refractivity contribution in [3.05, 3.63) is 20.2 Å². The van der Waals surface area contributed by atoms with Crippen LogP contribution in [0.3, 0.4) is 0 Å². The molecular formula is Li2N2O4. The van der Waals surface area contributed by atoms with Gasteiger partial charge in [-0.1, -0.05) is 0 Å². The maximum Gasteiger partial charge on any atom is 1.00 e. The molecule has 36 valence electrons. The van der Waals surface area contributed by atoms with E-state index in [1.54, 1.807) is 0 Å². The first kappa shape index (κ1) is 24.5. The van der Waals surface area contributed by atoms with Crippen LogP contribution in [0.1, 0.15) is 0 Å². The zero-order valence-electron chi connectivity index (χ0n) is 4.53. The van der Waals surface area contributed by atoms with E-state index in [2.05, 4.69) is 0 Å². The summed E-state index contributed by atoms with van der Waals surface area (Å²) in [5, 5.41) is 18.0. The molecule has 0 aliphatic carbocycles. The Kier molecular flexibility index (Phi) is 194. The minimum absolute atomic E-state index is 0. The Morgan fingerprint density at radius 3 is 0.875 bits per heavy atom. The molecule has 8 heavy (non-hydrogen) atoms. The molecule has 0 aromatic rings. The first-order valence-electron chi connectivity index (χ1n) is 0.730. The van der Waals surface area contributed by atoms with Gasteiger partial charge in [0.15, 0.2) is 0 Å². The average Bonchev–Trinajstić information content (AvgIpc) is 1.39. The van der Waals surface area contributed by atoms with Crippen LogP contribution in [0.15, 0.2) is 10.7 Å². The van der Waals surface area contributed by atoms with E-state index in [1.165, 1.54) is 0 Å². The zero-order chi connectivity index (χ0) is 5.41. The second-order valence-electron chi connectivity index (χ2n) is 0.149. The number of rotatable bonds is 0. The largest absolute Gasteiger partial charge is 1.00 e. The normalized spacial score (nSPS) is 3.00. The van der Waals surface area contributed by atoms with Gasteiger partial charge < -0.3 is 20.2 Å². The first-order chi connectivity index (χ1) is 2.83. The van der Waals surface area contributed by atoms with Crippen molar-refractivity contribution in [1.29, 1.82) is 0 Å². The molecule has 0 bridgehead atoms. The molecule has 0 fully saturated rings. The van der Waals surface area contributed by atoms with Crippen LogP contribution in [0.2, 0.25) is 0 Å². The molecule has 0 spiro atoms. The van der Waals surface area contributed by atoms with Gasteiger partial charge in [-0.05, 0) is 0 Å². The van der Waals surface area contributed by atoms with Crippen LogP contribution in [-0.4, -0.2) is 0 Å². The van der Waals surface area contributed by atoms with Gasteiger partial charge in [0, 0.05) is 0 Å². The maximum absolute atomic E-state index is 8.00. The Balaban J connectivity index is -0.0000000160. The van der Waals surface area contributed by atoms with Gasteiger partial charge in [-0.2, -0.15) is 0 Å². The summed E-state index contributed by atoms with van der Waals surface area (Å²) in [7, 11) is 0. The fourth-order valence-electron chi connectivity index (χ4n) is 0. The SMILES string of the molecule is O=N[O-].O=N[O-].[Li+].[Li+]. The molecule has 0 radical (unpaired) electrons. The van der Waals surface area contributed by atoms with Crippen LogP contribution in [-0.2, 0) is 0 Å². The quantitative estimate of drug-likeness (QED) is 0.174. The Hall–Kier alpha value is -0.00519.